The Balaban J connectivity index is 1.29. The highest BCUT2D eigenvalue weighted by atomic mass is 16.5. The highest BCUT2D eigenvalue weighted by molar-refractivity contribution is 5.89. The number of rotatable bonds is 6. The number of hydrogen-bond acceptors (Lipinski definition) is 4. The molecule has 1 aliphatic rings. The lowest BCUT2D eigenvalue weighted by Crippen LogP contribution is -2.29. The van der Waals surface area contributed by atoms with Gasteiger partial charge in [-0.25, -0.2) is 15.0 Å². The summed E-state index contributed by atoms with van der Waals surface area (Å²) in [6, 6.07) is 61.0. The number of hydrogen-bond donors (Lipinski definition) is 0. The smallest absolute Gasteiger partial charge is 0.164 e. The predicted molar refractivity (Wildman–Crippen MR) is 212 cm³/mol. The maximum atomic E-state index is 6.66. The van der Waals surface area contributed by atoms with E-state index in [-0.39, 0.29) is 0 Å². The van der Waals surface area contributed by atoms with Gasteiger partial charge in [-0.15, -0.1) is 0 Å². The minimum absolute atomic E-state index is 0.485. The molecule has 0 fully saturated rings. The molecule has 8 aromatic rings. The zero-order valence-corrected chi connectivity index (χ0v) is 29.0. The first-order chi connectivity index (χ1) is 25.5. The molecule has 9 rings (SSSR count). The molecule has 1 aliphatic heterocycles. The molecule has 0 unspecified atom stereocenters. The molecular weight excluding hydrogens is 635 g/mol. The van der Waals surface area contributed by atoms with Crippen LogP contribution in [0.2, 0.25) is 0 Å². The number of ether oxygens (including phenoxy) is 1. The topological polar surface area (TPSA) is 47.9 Å². The van der Waals surface area contributed by atoms with Crippen molar-refractivity contribution in [2.75, 3.05) is 0 Å². The summed E-state index contributed by atoms with van der Waals surface area (Å²) in [6.07, 6.45) is 0. The van der Waals surface area contributed by atoms with E-state index in [1.54, 1.807) is 0 Å². The van der Waals surface area contributed by atoms with Gasteiger partial charge in [-0.05, 0) is 83.1 Å². The Labute approximate surface area is 304 Å². The van der Waals surface area contributed by atoms with Crippen molar-refractivity contribution in [3.8, 4) is 84.4 Å². The predicted octanol–water partition coefficient (Wildman–Crippen LogP) is 12.2. The van der Waals surface area contributed by atoms with Crippen molar-refractivity contribution in [1.82, 2.24) is 15.0 Å². The molecule has 248 valence electrons. The lowest BCUT2D eigenvalue weighted by atomic mass is 9.84. The average molecular weight is 670 g/mol. The third-order valence-corrected chi connectivity index (χ3v) is 9.75. The van der Waals surface area contributed by atoms with Crippen LogP contribution in [0.15, 0.2) is 176 Å². The Bertz CT molecular complexity index is 2510. The van der Waals surface area contributed by atoms with E-state index < -0.39 is 5.60 Å². The van der Waals surface area contributed by atoms with E-state index in [2.05, 4.69) is 159 Å². The highest BCUT2D eigenvalue weighted by Gasteiger charge is 2.34. The standard InChI is InChI=1S/C48H35N3O/c1-48(2)42-26-13-12-24-40(42)44-41(25-15-27-43(44)52-48)47-50-45(36-23-14-22-35(28-36)32-16-6-3-7-17-32)49-46(51-47)39-30-37(33-18-8-4-9-19-33)29-38(31-39)34-20-10-5-11-21-34/h3-31H,1-2H3. The van der Waals surface area contributed by atoms with Gasteiger partial charge in [0.1, 0.15) is 11.4 Å². The molecule has 0 atom stereocenters. The number of nitrogens with zero attached hydrogens (tertiary/aromatic N) is 3. The first-order valence-corrected chi connectivity index (χ1v) is 17.6. The fourth-order valence-corrected chi connectivity index (χ4v) is 7.21. The molecule has 0 saturated heterocycles. The molecule has 0 radical (unpaired) electrons. The molecule has 4 heteroatoms. The minimum atomic E-state index is -0.485. The molecule has 0 spiro atoms. The molecule has 1 aromatic heterocycles. The van der Waals surface area contributed by atoms with Gasteiger partial charge < -0.3 is 4.74 Å². The van der Waals surface area contributed by atoms with Crippen LogP contribution in [0.4, 0.5) is 0 Å². The van der Waals surface area contributed by atoms with E-state index in [9.17, 15) is 0 Å². The van der Waals surface area contributed by atoms with Crippen molar-refractivity contribution in [2.24, 2.45) is 0 Å². The van der Waals surface area contributed by atoms with E-state index in [4.69, 9.17) is 19.7 Å². The summed E-state index contributed by atoms with van der Waals surface area (Å²) in [5.41, 5.74) is 12.1. The normalized spacial score (nSPS) is 12.7. The van der Waals surface area contributed by atoms with E-state index >= 15 is 0 Å². The zero-order valence-electron chi connectivity index (χ0n) is 29.0. The second kappa shape index (κ2) is 12.9. The van der Waals surface area contributed by atoms with Gasteiger partial charge >= 0.3 is 0 Å². The van der Waals surface area contributed by atoms with E-state index in [1.807, 2.05) is 30.3 Å². The van der Waals surface area contributed by atoms with Gasteiger partial charge in [-0.2, -0.15) is 0 Å². The van der Waals surface area contributed by atoms with Crippen LogP contribution < -0.4 is 4.74 Å². The number of aromatic nitrogens is 3. The van der Waals surface area contributed by atoms with Gasteiger partial charge in [0, 0.05) is 27.8 Å². The quantitative estimate of drug-likeness (QED) is 0.177. The molecule has 4 nitrogen and oxygen atoms in total. The monoisotopic (exact) mass is 669 g/mol. The summed E-state index contributed by atoms with van der Waals surface area (Å²) in [5.74, 6) is 2.61. The lowest BCUT2D eigenvalue weighted by Gasteiger charge is -2.35. The molecule has 0 saturated carbocycles. The van der Waals surface area contributed by atoms with Crippen LogP contribution in [0.1, 0.15) is 19.4 Å². The Hall–Kier alpha value is -6.65. The number of benzene rings is 7. The summed E-state index contributed by atoms with van der Waals surface area (Å²) < 4.78 is 6.66. The summed E-state index contributed by atoms with van der Waals surface area (Å²) >= 11 is 0. The summed E-state index contributed by atoms with van der Waals surface area (Å²) in [5, 5.41) is 0. The van der Waals surface area contributed by atoms with E-state index in [0.717, 1.165) is 72.5 Å². The van der Waals surface area contributed by atoms with Gasteiger partial charge in [-0.3, -0.25) is 0 Å². The van der Waals surface area contributed by atoms with Crippen molar-refractivity contribution in [2.45, 2.75) is 19.4 Å². The zero-order chi connectivity index (χ0) is 35.1. The molecule has 0 bridgehead atoms. The molecule has 0 aliphatic carbocycles. The van der Waals surface area contributed by atoms with Gasteiger partial charge in [0.05, 0.1) is 0 Å². The van der Waals surface area contributed by atoms with Crippen LogP contribution in [0.5, 0.6) is 5.75 Å². The van der Waals surface area contributed by atoms with Crippen molar-refractivity contribution >= 4 is 0 Å². The van der Waals surface area contributed by atoms with Gasteiger partial charge in [-0.1, -0.05) is 146 Å². The van der Waals surface area contributed by atoms with Crippen LogP contribution in [0.3, 0.4) is 0 Å². The highest BCUT2D eigenvalue weighted by Crippen LogP contribution is 2.49. The maximum Gasteiger partial charge on any atom is 0.164 e. The number of fused-ring (bicyclic) bond motifs is 3. The van der Waals surface area contributed by atoms with Crippen LogP contribution >= 0.6 is 0 Å². The minimum Gasteiger partial charge on any atom is -0.482 e. The third kappa shape index (κ3) is 5.84. The molecule has 2 heterocycles. The second-order valence-electron chi connectivity index (χ2n) is 13.6. The molecule has 0 N–H and O–H groups in total. The average Bonchev–Trinajstić information content (AvgIpc) is 3.21. The van der Waals surface area contributed by atoms with Gasteiger partial charge in [0.2, 0.25) is 0 Å². The molecular formula is C48H35N3O. The van der Waals surface area contributed by atoms with Crippen LogP contribution in [0.25, 0.3) is 78.7 Å². The SMILES string of the molecule is CC1(C)Oc2cccc(-c3nc(-c4cccc(-c5ccccc5)c4)nc(-c4cc(-c5ccccc5)cc(-c5ccccc5)c4)n3)c2-c2ccccc21. The third-order valence-electron chi connectivity index (χ3n) is 9.75. The van der Waals surface area contributed by atoms with E-state index in [1.165, 1.54) is 0 Å². The van der Waals surface area contributed by atoms with Gasteiger partial charge in [0.25, 0.3) is 0 Å². The Morgan fingerprint density at radius 3 is 1.46 bits per heavy atom. The molecule has 52 heavy (non-hydrogen) atoms. The van der Waals surface area contributed by atoms with Crippen LogP contribution in [-0.4, -0.2) is 15.0 Å². The van der Waals surface area contributed by atoms with Crippen molar-refractivity contribution in [1.29, 1.82) is 0 Å². The maximum absolute atomic E-state index is 6.66. The Morgan fingerprint density at radius 1 is 0.365 bits per heavy atom. The summed E-state index contributed by atoms with van der Waals surface area (Å²) in [7, 11) is 0. The van der Waals surface area contributed by atoms with E-state index in [0.29, 0.717) is 17.5 Å². The summed E-state index contributed by atoms with van der Waals surface area (Å²) in [4.78, 5) is 15.8. The van der Waals surface area contributed by atoms with Crippen molar-refractivity contribution in [3.05, 3.63) is 181 Å². The fourth-order valence-electron chi connectivity index (χ4n) is 7.21. The van der Waals surface area contributed by atoms with Gasteiger partial charge in [0.15, 0.2) is 17.5 Å². The lowest BCUT2D eigenvalue weighted by molar-refractivity contribution is 0.106. The van der Waals surface area contributed by atoms with Crippen LogP contribution in [0, 0.1) is 0 Å². The molecule has 7 aromatic carbocycles. The van der Waals surface area contributed by atoms with Crippen molar-refractivity contribution in [3.63, 3.8) is 0 Å². The van der Waals surface area contributed by atoms with Crippen molar-refractivity contribution < 1.29 is 4.74 Å². The molecule has 0 amide bonds. The Kier molecular flexibility index (Phi) is 7.78. The Morgan fingerprint density at radius 2 is 0.808 bits per heavy atom. The first-order valence-electron chi connectivity index (χ1n) is 17.6. The largest absolute Gasteiger partial charge is 0.482 e. The fraction of sp³-hybridized carbons (Fsp3) is 0.0625. The summed E-state index contributed by atoms with van der Waals surface area (Å²) in [6.45, 7) is 4.23. The first kappa shape index (κ1) is 31.3. The van der Waals surface area contributed by atoms with Crippen LogP contribution in [-0.2, 0) is 5.60 Å². The second-order valence-corrected chi connectivity index (χ2v) is 13.6.